The van der Waals surface area contributed by atoms with Crippen molar-refractivity contribution < 1.29 is 4.74 Å². The standard InChI is InChI=1S/C11H17NOS/c1-10-3-2-4-11(9-10)14-8-7-13-6-5-12/h2-4,9H,5-8,12H2,1H3. The van der Waals surface area contributed by atoms with Crippen molar-refractivity contribution in [1.82, 2.24) is 0 Å². The lowest BCUT2D eigenvalue weighted by atomic mass is 10.2. The zero-order valence-corrected chi connectivity index (χ0v) is 9.35. The summed E-state index contributed by atoms with van der Waals surface area (Å²) in [6.07, 6.45) is 0. The van der Waals surface area contributed by atoms with E-state index in [0.717, 1.165) is 12.4 Å². The summed E-state index contributed by atoms with van der Waals surface area (Å²) in [5.41, 5.74) is 6.61. The minimum absolute atomic E-state index is 0.606. The lowest BCUT2D eigenvalue weighted by Crippen LogP contribution is -2.09. The van der Waals surface area contributed by atoms with Crippen molar-refractivity contribution in [3.8, 4) is 0 Å². The molecule has 2 N–H and O–H groups in total. The monoisotopic (exact) mass is 211 g/mol. The molecule has 0 saturated carbocycles. The number of nitrogens with two attached hydrogens (primary N) is 1. The highest BCUT2D eigenvalue weighted by atomic mass is 32.2. The Balaban J connectivity index is 2.18. The van der Waals surface area contributed by atoms with Crippen LogP contribution in [0.25, 0.3) is 0 Å². The molecule has 0 bridgehead atoms. The second-order valence-corrected chi connectivity index (χ2v) is 4.23. The fraction of sp³-hybridized carbons (Fsp3) is 0.455. The first-order valence-corrected chi connectivity index (χ1v) is 5.79. The Bertz CT molecular complexity index is 265. The smallest absolute Gasteiger partial charge is 0.0589 e. The van der Waals surface area contributed by atoms with Gasteiger partial charge in [-0.15, -0.1) is 11.8 Å². The molecule has 1 rings (SSSR count). The first-order valence-electron chi connectivity index (χ1n) is 4.80. The summed E-state index contributed by atoms with van der Waals surface area (Å²) in [6, 6.07) is 8.50. The first-order chi connectivity index (χ1) is 6.83. The predicted octanol–water partition coefficient (Wildman–Crippen LogP) is 2.06. The van der Waals surface area contributed by atoms with Crippen LogP contribution >= 0.6 is 11.8 Å². The third-order valence-electron chi connectivity index (χ3n) is 1.75. The van der Waals surface area contributed by atoms with Gasteiger partial charge < -0.3 is 10.5 Å². The number of rotatable bonds is 6. The van der Waals surface area contributed by atoms with Gasteiger partial charge in [-0.2, -0.15) is 0 Å². The Hall–Kier alpha value is -0.510. The predicted molar refractivity (Wildman–Crippen MR) is 61.8 cm³/mol. The molecule has 78 valence electrons. The molecule has 0 aliphatic rings. The van der Waals surface area contributed by atoms with E-state index in [1.165, 1.54) is 10.5 Å². The molecule has 0 fully saturated rings. The fourth-order valence-electron chi connectivity index (χ4n) is 1.11. The van der Waals surface area contributed by atoms with E-state index < -0.39 is 0 Å². The highest BCUT2D eigenvalue weighted by Gasteiger charge is 1.93. The average Bonchev–Trinajstić information content (AvgIpc) is 2.18. The Labute approximate surface area is 89.8 Å². The zero-order chi connectivity index (χ0) is 10.2. The van der Waals surface area contributed by atoms with Crippen molar-refractivity contribution in [2.45, 2.75) is 11.8 Å². The average molecular weight is 211 g/mol. The highest BCUT2D eigenvalue weighted by molar-refractivity contribution is 7.99. The van der Waals surface area contributed by atoms with Crippen LogP contribution in [0.1, 0.15) is 5.56 Å². The summed E-state index contributed by atoms with van der Waals surface area (Å²) < 4.78 is 5.29. The summed E-state index contributed by atoms with van der Waals surface area (Å²) in [6.45, 7) is 4.15. The quantitative estimate of drug-likeness (QED) is 0.578. The van der Waals surface area contributed by atoms with Gasteiger partial charge in [-0.05, 0) is 19.1 Å². The van der Waals surface area contributed by atoms with E-state index >= 15 is 0 Å². The highest BCUT2D eigenvalue weighted by Crippen LogP contribution is 2.18. The molecule has 0 aliphatic carbocycles. The molecule has 0 spiro atoms. The lowest BCUT2D eigenvalue weighted by molar-refractivity contribution is 0.158. The Morgan fingerprint density at radius 1 is 1.36 bits per heavy atom. The minimum Gasteiger partial charge on any atom is -0.379 e. The molecule has 0 atom stereocenters. The molecule has 3 heteroatoms. The Kier molecular flexibility index (Phi) is 5.68. The van der Waals surface area contributed by atoms with E-state index in [9.17, 15) is 0 Å². The number of aryl methyl sites for hydroxylation is 1. The Morgan fingerprint density at radius 3 is 2.93 bits per heavy atom. The number of ether oxygens (including phenoxy) is 1. The summed E-state index contributed by atoms with van der Waals surface area (Å²) in [4.78, 5) is 1.31. The third-order valence-corrected chi connectivity index (χ3v) is 2.71. The van der Waals surface area contributed by atoms with Crippen LogP contribution in [0.3, 0.4) is 0 Å². The van der Waals surface area contributed by atoms with Crippen molar-refractivity contribution in [3.05, 3.63) is 29.8 Å². The molecule has 0 unspecified atom stereocenters. The molecule has 0 heterocycles. The minimum atomic E-state index is 0.606. The van der Waals surface area contributed by atoms with E-state index in [2.05, 4.69) is 31.2 Å². The third kappa shape index (κ3) is 4.65. The summed E-state index contributed by atoms with van der Waals surface area (Å²) in [5, 5.41) is 0. The Morgan fingerprint density at radius 2 is 2.21 bits per heavy atom. The maximum atomic E-state index is 5.31. The van der Waals surface area contributed by atoms with E-state index in [4.69, 9.17) is 10.5 Å². The maximum absolute atomic E-state index is 5.31. The van der Waals surface area contributed by atoms with Crippen LogP contribution < -0.4 is 5.73 Å². The molecule has 0 aliphatic heterocycles. The van der Waals surface area contributed by atoms with Crippen LogP contribution in [0.15, 0.2) is 29.2 Å². The molecule has 0 radical (unpaired) electrons. The maximum Gasteiger partial charge on any atom is 0.0589 e. The molecular formula is C11H17NOS. The van der Waals surface area contributed by atoms with Crippen LogP contribution in [0, 0.1) is 6.92 Å². The normalized spacial score (nSPS) is 10.4. The van der Waals surface area contributed by atoms with Crippen LogP contribution in [-0.4, -0.2) is 25.5 Å². The van der Waals surface area contributed by atoms with Gasteiger partial charge in [0.1, 0.15) is 0 Å². The van der Waals surface area contributed by atoms with Gasteiger partial charge in [-0.3, -0.25) is 0 Å². The van der Waals surface area contributed by atoms with Gasteiger partial charge >= 0.3 is 0 Å². The van der Waals surface area contributed by atoms with Crippen molar-refractivity contribution in [2.75, 3.05) is 25.5 Å². The van der Waals surface area contributed by atoms with E-state index in [-0.39, 0.29) is 0 Å². The zero-order valence-electron chi connectivity index (χ0n) is 8.53. The van der Waals surface area contributed by atoms with Gasteiger partial charge in [0.2, 0.25) is 0 Å². The topological polar surface area (TPSA) is 35.2 Å². The number of thioether (sulfide) groups is 1. The van der Waals surface area contributed by atoms with Gasteiger partial charge in [-0.1, -0.05) is 17.7 Å². The number of benzene rings is 1. The van der Waals surface area contributed by atoms with Crippen molar-refractivity contribution in [3.63, 3.8) is 0 Å². The second kappa shape index (κ2) is 6.87. The van der Waals surface area contributed by atoms with Crippen LogP contribution in [0.4, 0.5) is 0 Å². The van der Waals surface area contributed by atoms with Crippen molar-refractivity contribution in [1.29, 1.82) is 0 Å². The van der Waals surface area contributed by atoms with E-state index in [1.807, 2.05) is 11.8 Å². The van der Waals surface area contributed by atoms with Gasteiger partial charge in [0.15, 0.2) is 0 Å². The van der Waals surface area contributed by atoms with Crippen LogP contribution in [0.5, 0.6) is 0 Å². The van der Waals surface area contributed by atoms with Gasteiger partial charge in [-0.25, -0.2) is 0 Å². The molecule has 2 nitrogen and oxygen atoms in total. The molecule has 14 heavy (non-hydrogen) atoms. The summed E-state index contributed by atoms with van der Waals surface area (Å²) in [7, 11) is 0. The second-order valence-electron chi connectivity index (χ2n) is 3.07. The molecule has 0 saturated heterocycles. The number of hydrogen-bond donors (Lipinski definition) is 1. The van der Waals surface area contributed by atoms with E-state index in [0.29, 0.717) is 13.2 Å². The molecule has 0 aromatic heterocycles. The van der Waals surface area contributed by atoms with Crippen LogP contribution in [0.2, 0.25) is 0 Å². The lowest BCUT2D eigenvalue weighted by Gasteiger charge is -2.03. The molecule has 1 aromatic rings. The fourth-order valence-corrected chi connectivity index (χ4v) is 1.99. The van der Waals surface area contributed by atoms with Crippen molar-refractivity contribution in [2.24, 2.45) is 5.73 Å². The number of hydrogen-bond acceptors (Lipinski definition) is 3. The van der Waals surface area contributed by atoms with Crippen LogP contribution in [-0.2, 0) is 4.74 Å². The molecule has 0 amide bonds. The van der Waals surface area contributed by atoms with Gasteiger partial charge in [0.05, 0.1) is 13.2 Å². The molecular weight excluding hydrogens is 194 g/mol. The summed E-state index contributed by atoms with van der Waals surface area (Å²) in [5.74, 6) is 0.990. The van der Waals surface area contributed by atoms with E-state index in [1.54, 1.807) is 0 Å². The largest absolute Gasteiger partial charge is 0.379 e. The van der Waals surface area contributed by atoms with Gasteiger partial charge in [0, 0.05) is 17.2 Å². The summed E-state index contributed by atoms with van der Waals surface area (Å²) >= 11 is 1.82. The van der Waals surface area contributed by atoms with Gasteiger partial charge in [0.25, 0.3) is 0 Å². The van der Waals surface area contributed by atoms with Crippen molar-refractivity contribution >= 4 is 11.8 Å². The SMILES string of the molecule is Cc1cccc(SCCOCCN)c1. The first kappa shape index (κ1) is 11.6. The molecule has 1 aromatic carbocycles.